The zero-order chi connectivity index (χ0) is 42.3. The van der Waals surface area contributed by atoms with Crippen LogP contribution >= 0.6 is 0 Å². The summed E-state index contributed by atoms with van der Waals surface area (Å²) in [6.45, 7) is 0. The molecule has 0 aliphatic heterocycles. The van der Waals surface area contributed by atoms with Gasteiger partial charge in [0.2, 0.25) is 0 Å². The summed E-state index contributed by atoms with van der Waals surface area (Å²) in [6, 6.07) is 61.1. The molecule has 8 heterocycles. The minimum Gasteiger partial charge on any atom is -0.456 e. The Hall–Kier alpha value is -9.00. The van der Waals surface area contributed by atoms with Gasteiger partial charge in [-0.2, -0.15) is 0 Å². The van der Waals surface area contributed by atoms with E-state index < -0.39 is 0 Å². The van der Waals surface area contributed by atoms with Crippen molar-refractivity contribution in [2.75, 3.05) is 0 Å². The largest absolute Gasteiger partial charge is 0.456 e. The second-order valence-corrected chi connectivity index (χ2v) is 18.3. The van der Waals surface area contributed by atoms with Crippen LogP contribution in [-0.4, -0.2) is 8.80 Å². The number of furan rings is 4. The molecule has 0 fully saturated rings. The second kappa shape index (κ2) is 10.8. The van der Waals surface area contributed by atoms with E-state index in [0.29, 0.717) is 0 Å². The second-order valence-electron chi connectivity index (χ2n) is 18.3. The molecule has 66 heavy (non-hydrogen) atoms. The SMILES string of the molecule is c1ccc2c(c1)oc1cc3c(cc12)c1cccc2c4cc5c(cc4n3c12)oc1ccc(-c2ccc3oc4c(ccc6c4c4cccc7c8c9oc%10ccccc%10c9ccc8n6c74)c3c2)cc15. The van der Waals surface area contributed by atoms with Crippen molar-refractivity contribution in [3.8, 4) is 11.1 Å². The van der Waals surface area contributed by atoms with Gasteiger partial charge in [-0.3, -0.25) is 0 Å². The number of fused-ring (bicyclic) bond motifs is 26. The van der Waals surface area contributed by atoms with Crippen molar-refractivity contribution in [2.45, 2.75) is 0 Å². The van der Waals surface area contributed by atoms with Gasteiger partial charge >= 0.3 is 0 Å². The average molecular weight is 841 g/mol. The van der Waals surface area contributed by atoms with Gasteiger partial charge in [0.05, 0.1) is 43.9 Å². The zero-order valence-corrected chi connectivity index (χ0v) is 34.7. The first-order valence-electron chi connectivity index (χ1n) is 22.5. The summed E-state index contributed by atoms with van der Waals surface area (Å²) in [4.78, 5) is 0. The third kappa shape index (κ3) is 3.67. The number of nitrogens with zero attached hydrogens (tertiary/aromatic N) is 2. The molecule has 0 radical (unpaired) electrons. The van der Waals surface area contributed by atoms with E-state index in [2.05, 4.69) is 160 Å². The minimum absolute atomic E-state index is 0.869. The molecular weight excluding hydrogens is 813 g/mol. The summed E-state index contributed by atoms with van der Waals surface area (Å²) in [7, 11) is 0. The van der Waals surface area contributed by atoms with Crippen LogP contribution in [0.2, 0.25) is 0 Å². The molecular formula is C60H28N2O4. The van der Waals surface area contributed by atoms with Gasteiger partial charge < -0.3 is 26.5 Å². The topological polar surface area (TPSA) is 61.4 Å². The van der Waals surface area contributed by atoms with E-state index >= 15 is 0 Å². The van der Waals surface area contributed by atoms with E-state index in [0.717, 1.165) is 132 Å². The molecule has 0 unspecified atom stereocenters. The summed E-state index contributed by atoms with van der Waals surface area (Å²) in [5.74, 6) is 0. The number of benzene rings is 10. The Kier molecular flexibility index (Phi) is 5.36. The fourth-order valence-corrected chi connectivity index (χ4v) is 12.4. The Morgan fingerprint density at radius 1 is 0.242 bits per heavy atom. The van der Waals surface area contributed by atoms with E-state index in [1.165, 1.54) is 43.4 Å². The molecule has 0 atom stereocenters. The Morgan fingerprint density at radius 3 is 1.29 bits per heavy atom. The molecule has 0 amide bonds. The van der Waals surface area contributed by atoms with Crippen LogP contribution in [0.4, 0.5) is 0 Å². The molecule has 18 rings (SSSR count). The monoisotopic (exact) mass is 840 g/mol. The van der Waals surface area contributed by atoms with Crippen LogP contribution in [0.5, 0.6) is 0 Å². The molecule has 0 aliphatic carbocycles. The van der Waals surface area contributed by atoms with Gasteiger partial charge in [0.15, 0.2) is 0 Å². The third-order valence-electron chi connectivity index (χ3n) is 15.2. The van der Waals surface area contributed by atoms with Crippen LogP contribution in [0, 0.1) is 0 Å². The maximum Gasteiger partial charge on any atom is 0.145 e. The van der Waals surface area contributed by atoms with Crippen LogP contribution in [0.25, 0.3) is 175 Å². The van der Waals surface area contributed by atoms with Gasteiger partial charge in [-0.05, 0) is 83.9 Å². The molecule has 0 aliphatic rings. The molecule has 302 valence electrons. The predicted molar refractivity (Wildman–Crippen MR) is 270 cm³/mol. The first-order chi connectivity index (χ1) is 32.7. The maximum atomic E-state index is 6.85. The molecule has 8 aromatic heterocycles. The smallest absolute Gasteiger partial charge is 0.145 e. The lowest BCUT2D eigenvalue weighted by atomic mass is 9.99. The summed E-state index contributed by atoms with van der Waals surface area (Å²) < 4.78 is 31.3. The zero-order valence-electron chi connectivity index (χ0n) is 34.7. The molecule has 0 spiro atoms. The van der Waals surface area contributed by atoms with Crippen LogP contribution < -0.4 is 0 Å². The van der Waals surface area contributed by atoms with Crippen molar-refractivity contribution < 1.29 is 17.7 Å². The fourth-order valence-electron chi connectivity index (χ4n) is 12.4. The molecule has 0 saturated heterocycles. The van der Waals surface area contributed by atoms with Crippen LogP contribution in [-0.2, 0) is 0 Å². The van der Waals surface area contributed by atoms with Gasteiger partial charge in [0.1, 0.15) is 44.7 Å². The molecule has 6 nitrogen and oxygen atoms in total. The standard InChI is InChI=1S/C60H28N2O4/c1-4-14-50-31(7-1)35-17-19-45-55(59(35)65-50)37-11-6-12-38-56-46(61(45)58(37)38)20-18-36-41-23-29(16-22-52(41)66-60(36)56)30-15-21-51-42(24-30)44-26-40-34-10-5-9-33-39-25-43-32-8-2-3-13-49(32)63-53(43)27-47(39)62(57(33)34)48(40)28-54(44)64-51/h1-28H. The third-order valence-corrected chi connectivity index (χ3v) is 15.2. The Labute approximate surface area is 369 Å². The van der Waals surface area contributed by atoms with E-state index in [1.807, 2.05) is 18.2 Å². The normalized spacial score (nSPS) is 13.2. The predicted octanol–water partition coefficient (Wildman–Crippen LogP) is 17.3. The number of rotatable bonds is 1. The van der Waals surface area contributed by atoms with Gasteiger partial charge in [0, 0.05) is 87.5 Å². The quantitative estimate of drug-likeness (QED) is 0.165. The summed E-state index contributed by atoms with van der Waals surface area (Å²) in [5.41, 5.74) is 16.4. The molecule has 18 aromatic rings. The van der Waals surface area contributed by atoms with Crippen LogP contribution in [0.1, 0.15) is 0 Å². The lowest BCUT2D eigenvalue weighted by Gasteiger charge is -2.03. The van der Waals surface area contributed by atoms with E-state index in [1.54, 1.807) is 0 Å². The van der Waals surface area contributed by atoms with E-state index in [-0.39, 0.29) is 0 Å². The first kappa shape index (κ1) is 32.6. The van der Waals surface area contributed by atoms with E-state index in [9.17, 15) is 0 Å². The van der Waals surface area contributed by atoms with Gasteiger partial charge in [-0.1, -0.05) is 84.9 Å². The van der Waals surface area contributed by atoms with Crippen LogP contribution in [0.15, 0.2) is 188 Å². The fraction of sp³-hybridized carbons (Fsp3) is 0. The first-order valence-corrected chi connectivity index (χ1v) is 22.5. The average Bonchev–Trinajstić information content (AvgIpc) is 4.24. The highest BCUT2D eigenvalue weighted by molar-refractivity contribution is 6.33. The lowest BCUT2D eigenvalue weighted by Crippen LogP contribution is -1.81. The molecule has 10 aromatic carbocycles. The number of para-hydroxylation sites is 4. The molecule has 0 saturated carbocycles. The highest BCUT2D eigenvalue weighted by Gasteiger charge is 2.25. The number of aromatic nitrogens is 2. The molecule has 6 heteroatoms. The van der Waals surface area contributed by atoms with E-state index in [4.69, 9.17) is 17.7 Å². The van der Waals surface area contributed by atoms with Crippen molar-refractivity contribution in [1.82, 2.24) is 8.80 Å². The summed E-state index contributed by atoms with van der Waals surface area (Å²) in [6.07, 6.45) is 0. The van der Waals surface area contributed by atoms with Crippen molar-refractivity contribution in [2.24, 2.45) is 0 Å². The minimum atomic E-state index is 0.869. The number of hydrogen-bond donors (Lipinski definition) is 0. The lowest BCUT2D eigenvalue weighted by molar-refractivity contribution is 0.669. The van der Waals surface area contributed by atoms with Gasteiger partial charge in [-0.25, -0.2) is 0 Å². The Balaban J connectivity index is 0.814. The Bertz CT molecular complexity index is 5210. The van der Waals surface area contributed by atoms with Gasteiger partial charge in [0.25, 0.3) is 0 Å². The maximum absolute atomic E-state index is 6.85. The van der Waals surface area contributed by atoms with Crippen LogP contribution in [0.3, 0.4) is 0 Å². The summed E-state index contributed by atoms with van der Waals surface area (Å²) >= 11 is 0. The molecule has 0 N–H and O–H groups in total. The van der Waals surface area contributed by atoms with Crippen molar-refractivity contribution in [3.63, 3.8) is 0 Å². The summed E-state index contributed by atoms with van der Waals surface area (Å²) in [5, 5.41) is 18.5. The highest BCUT2D eigenvalue weighted by Crippen LogP contribution is 2.48. The van der Waals surface area contributed by atoms with Crippen molar-refractivity contribution in [3.05, 3.63) is 170 Å². The van der Waals surface area contributed by atoms with Gasteiger partial charge in [-0.15, -0.1) is 0 Å². The Morgan fingerprint density at radius 2 is 0.667 bits per heavy atom. The number of hydrogen-bond acceptors (Lipinski definition) is 4. The molecule has 0 bridgehead atoms. The highest BCUT2D eigenvalue weighted by atomic mass is 16.3. The van der Waals surface area contributed by atoms with Crippen molar-refractivity contribution >= 4 is 164 Å². The van der Waals surface area contributed by atoms with Crippen molar-refractivity contribution in [1.29, 1.82) is 0 Å².